The molecular weight excluding hydrogens is 208 g/mol. The quantitative estimate of drug-likeness (QED) is 0.654. The number of hydrogen-bond donors (Lipinski definition) is 3. The summed E-state index contributed by atoms with van der Waals surface area (Å²) in [6.07, 6.45) is -0.598. The van der Waals surface area contributed by atoms with Crippen LogP contribution in [0.2, 0.25) is 0 Å². The van der Waals surface area contributed by atoms with Gasteiger partial charge in [-0.15, -0.1) is 0 Å². The molecule has 0 saturated carbocycles. The smallest absolute Gasteiger partial charge is 0.119 e. The van der Waals surface area contributed by atoms with E-state index in [2.05, 4.69) is 0 Å². The van der Waals surface area contributed by atoms with Crippen LogP contribution < -0.4 is 4.74 Å². The zero-order chi connectivity index (χ0) is 12.0. The summed E-state index contributed by atoms with van der Waals surface area (Å²) in [5, 5.41) is 26.9. The second kappa shape index (κ2) is 6.48. The minimum absolute atomic E-state index is 0.0756. The van der Waals surface area contributed by atoms with Crippen LogP contribution in [-0.2, 0) is 6.42 Å². The molecule has 0 fully saturated rings. The molecule has 0 heterocycles. The molecule has 2 atom stereocenters. The van der Waals surface area contributed by atoms with Crippen LogP contribution in [0.5, 0.6) is 5.75 Å². The van der Waals surface area contributed by atoms with Gasteiger partial charge in [0.2, 0.25) is 0 Å². The van der Waals surface area contributed by atoms with E-state index in [9.17, 15) is 5.11 Å². The van der Waals surface area contributed by atoms with Gasteiger partial charge in [0.25, 0.3) is 0 Å². The van der Waals surface area contributed by atoms with E-state index in [0.29, 0.717) is 12.2 Å². The minimum Gasteiger partial charge on any atom is -0.491 e. The van der Waals surface area contributed by atoms with Gasteiger partial charge in [-0.25, -0.2) is 0 Å². The molecule has 1 rings (SSSR count). The molecule has 0 spiro atoms. The lowest BCUT2D eigenvalue weighted by Crippen LogP contribution is -2.21. The van der Waals surface area contributed by atoms with Crippen molar-refractivity contribution in [2.75, 3.05) is 13.2 Å². The summed E-state index contributed by atoms with van der Waals surface area (Å²) in [5.74, 6) is 0.641. The lowest BCUT2D eigenvalue weighted by Gasteiger charge is -2.10. The molecule has 1 aromatic rings. The Morgan fingerprint density at radius 1 is 1.19 bits per heavy atom. The van der Waals surface area contributed by atoms with Crippen molar-refractivity contribution in [2.24, 2.45) is 0 Å². The summed E-state index contributed by atoms with van der Waals surface area (Å²) in [4.78, 5) is 0. The third-order valence-electron chi connectivity index (χ3n) is 2.11. The number of aliphatic hydroxyl groups excluding tert-OH is 3. The summed E-state index contributed by atoms with van der Waals surface area (Å²) in [7, 11) is 0. The van der Waals surface area contributed by atoms with Crippen LogP contribution in [0.4, 0.5) is 0 Å². The average Bonchev–Trinajstić information content (AvgIpc) is 2.27. The van der Waals surface area contributed by atoms with Gasteiger partial charge in [0.15, 0.2) is 0 Å². The number of aliphatic hydroxyl groups is 3. The monoisotopic (exact) mass is 226 g/mol. The lowest BCUT2D eigenvalue weighted by atomic mass is 10.1. The van der Waals surface area contributed by atoms with Crippen molar-refractivity contribution in [1.82, 2.24) is 0 Å². The van der Waals surface area contributed by atoms with Crippen LogP contribution in [0.25, 0.3) is 0 Å². The Bertz CT molecular complexity index is 294. The fraction of sp³-hybridized carbons (Fsp3) is 0.500. The molecule has 0 amide bonds. The van der Waals surface area contributed by atoms with E-state index in [0.717, 1.165) is 5.56 Å². The number of rotatable bonds is 6. The average molecular weight is 226 g/mol. The maximum Gasteiger partial charge on any atom is 0.119 e. The normalized spacial score (nSPS) is 14.5. The molecule has 90 valence electrons. The molecule has 0 saturated heterocycles. The maximum absolute atomic E-state index is 9.19. The van der Waals surface area contributed by atoms with E-state index in [1.807, 2.05) is 12.1 Å². The molecule has 4 nitrogen and oxygen atoms in total. The maximum atomic E-state index is 9.19. The molecule has 2 unspecified atom stereocenters. The molecule has 3 N–H and O–H groups in total. The Balaban J connectivity index is 2.45. The predicted octanol–water partition coefficient (Wildman–Crippen LogP) is 0.342. The van der Waals surface area contributed by atoms with Gasteiger partial charge in [-0.1, -0.05) is 12.1 Å². The van der Waals surface area contributed by atoms with Crippen molar-refractivity contribution >= 4 is 0 Å². The Morgan fingerprint density at radius 2 is 1.81 bits per heavy atom. The van der Waals surface area contributed by atoms with E-state index < -0.39 is 6.10 Å². The summed E-state index contributed by atoms with van der Waals surface area (Å²) >= 11 is 0. The van der Waals surface area contributed by atoms with Crippen molar-refractivity contribution < 1.29 is 20.1 Å². The molecule has 1 aromatic carbocycles. The predicted molar refractivity (Wildman–Crippen MR) is 60.4 cm³/mol. The summed E-state index contributed by atoms with van der Waals surface area (Å²) < 4.78 is 5.25. The largest absolute Gasteiger partial charge is 0.491 e. The van der Waals surface area contributed by atoms with Crippen molar-refractivity contribution in [2.45, 2.75) is 25.6 Å². The number of hydrogen-bond acceptors (Lipinski definition) is 4. The molecule has 16 heavy (non-hydrogen) atoms. The van der Waals surface area contributed by atoms with Crippen LogP contribution in [0.1, 0.15) is 12.5 Å². The summed E-state index contributed by atoms with van der Waals surface area (Å²) in [6.45, 7) is 1.51. The van der Waals surface area contributed by atoms with Gasteiger partial charge in [-0.3, -0.25) is 0 Å². The van der Waals surface area contributed by atoms with Crippen LogP contribution in [-0.4, -0.2) is 40.7 Å². The molecule has 0 aliphatic rings. The third-order valence-corrected chi connectivity index (χ3v) is 2.11. The van der Waals surface area contributed by atoms with Gasteiger partial charge in [0.05, 0.1) is 12.7 Å². The van der Waals surface area contributed by atoms with Gasteiger partial charge < -0.3 is 20.1 Å². The highest BCUT2D eigenvalue weighted by Crippen LogP contribution is 2.13. The molecular formula is C12H18O4. The fourth-order valence-electron chi connectivity index (χ4n) is 1.31. The van der Waals surface area contributed by atoms with Crippen molar-refractivity contribution in [3.05, 3.63) is 29.8 Å². The first-order chi connectivity index (χ1) is 7.61. The van der Waals surface area contributed by atoms with E-state index in [1.165, 1.54) is 0 Å². The first-order valence-corrected chi connectivity index (χ1v) is 5.30. The number of benzene rings is 1. The first-order valence-electron chi connectivity index (χ1n) is 5.30. The Labute approximate surface area is 95.1 Å². The topological polar surface area (TPSA) is 69.9 Å². The second-order valence-electron chi connectivity index (χ2n) is 3.84. The van der Waals surface area contributed by atoms with Gasteiger partial charge in [0.1, 0.15) is 18.5 Å². The SMILES string of the molecule is CC(O)Cc1ccc(OCC(O)CO)cc1. The Morgan fingerprint density at radius 3 is 2.31 bits per heavy atom. The number of ether oxygens (including phenoxy) is 1. The van der Waals surface area contributed by atoms with Gasteiger partial charge in [-0.2, -0.15) is 0 Å². The molecule has 0 bridgehead atoms. The lowest BCUT2D eigenvalue weighted by molar-refractivity contribution is 0.0536. The van der Waals surface area contributed by atoms with Crippen molar-refractivity contribution in [1.29, 1.82) is 0 Å². The molecule has 0 aromatic heterocycles. The highest BCUT2D eigenvalue weighted by molar-refractivity contribution is 5.27. The standard InChI is InChI=1S/C12H18O4/c1-9(14)6-10-2-4-12(5-3-10)16-8-11(15)7-13/h2-5,9,11,13-15H,6-8H2,1H3. The van der Waals surface area contributed by atoms with E-state index in [1.54, 1.807) is 19.1 Å². The minimum atomic E-state index is -0.850. The highest BCUT2D eigenvalue weighted by Gasteiger charge is 2.03. The van der Waals surface area contributed by atoms with Crippen LogP contribution in [0.3, 0.4) is 0 Å². The highest BCUT2D eigenvalue weighted by atomic mass is 16.5. The van der Waals surface area contributed by atoms with Gasteiger partial charge >= 0.3 is 0 Å². The Kier molecular flexibility index (Phi) is 5.25. The second-order valence-corrected chi connectivity index (χ2v) is 3.84. The third kappa shape index (κ3) is 4.61. The van der Waals surface area contributed by atoms with Crippen LogP contribution in [0.15, 0.2) is 24.3 Å². The van der Waals surface area contributed by atoms with Crippen LogP contribution in [0, 0.1) is 0 Å². The van der Waals surface area contributed by atoms with E-state index in [-0.39, 0.29) is 19.3 Å². The summed E-state index contributed by atoms with van der Waals surface area (Å²) in [5.41, 5.74) is 1.03. The molecule has 0 aliphatic heterocycles. The fourth-order valence-corrected chi connectivity index (χ4v) is 1.31. The summed E-state index contributed by atoms with van der Waals surface area (Å²) in [6, 6.07) is 7.30. The molecule has 0 aliphatic carbocycles. The van der Waals surface area contributed by atoms with Gasteiger partial charge in [0, 0.05) is 0 Å². The molecule has 4 heteroatoms. The van der Waals surface area contributed by atoms with E-state index in [4.69, 9.17) is 14.9 Å². The zero-order valence-electron chi connectivity index (χ0n) is 9.34. The zero-order valence-corrected chi connectivity index (χ0v) is 9.34. The van der Waals surface area contributed by atoms with Crippen molar-refractivity contribution in [3.8, 4) is 5.75 Å². The molecule has 0 radical (unpaired) electrons. The van der Waals surface area contributed by atoms with Crippen LogP contribution >= 0.6 is 0 Å². The van der Waals surface area contributed by atoms with Crippen molar-refractivity contribution in [3.63, 3.8) is 0 Å². The first kappa shape index (κ1) is 13.0. The Hall–Kier alpha value is -1.10. The van der Waals surface area contributed by atoms with E-state index >= 15 is 0 Å². The van der Waals surface area contributed by atoms with Gasteiger partial charge in [-0.05, 0) is 31.0 Å².